The number of hydrogen-bond acceptors (Lipinski definition) is 4. The van der Waals surface area contributed by atoms with Crippen molar-refractivity contribution in [3.05, 3.63) is 181 Å². The summed E-state index contributed by atoms with van der Waals surface area (Å²) in [6.45, 7) is 0. The van der Waals surface area contributed by atoms with Crippen LogP contribution in [0.2, 0.25) is 0 Å². The Morgan fingerprint density at radius 3 is 1.43 bits per heavy atom. The molecular formula is C45H30N4. The van der Waals surface area contributed by atoms with E-state index in [2.05, 4.69) is 91.0 Å². The second-order valence-electron chi connectivity index (χ2n) is 11.9. The highest BCUT2D eigenvalue weighted by Crippen LogP contribution is 2.37. The molecule has 6 aromatic carbocycles. The second-order valence-corrected chi connectivity index (χ2v) is 11.9. The summed E-state index contributed by atoms with van der Waals surface area (Å²) in [4.78, 5) is 14.7. The standard InChI is InChI=1S/C45H30N4/c46-30-31-16-18-32(19-17-31)33-20-22-34(23-21-33)39-28-29-40(42-15-9-3-8-14-41(39)42)35-24-26-38(27-25-35)45-48-43(36-10-4-1-5-11-36)47-44(49-45)37-12-6-2-7-13-37/h1-13,15-29H,14H2. The fraction of sp³-hybridized carbons (Fsp3) is 0.0222. The Hall–Kier alpha value is -6.70. The van der Waals surface area contributed by atoms with Gasteiger partial charge in [0.05, 0.1) is 11.6 Å². The summed E-state index contributed by atoms with van der Waals surface area (Å²) in [7, 11) is 0. The van der Waals surface area contributed by atoms with E-state index in [0.29, 0.717) is 23.0 Å². The van der Waals surface area contributed by atoms with Crippen LogP contribution in [0.3, 0.4) is 0 Å². The zero-order chi connectivity index (χ0) is 33.0. The summed E-state index contributed by atoms with van der Waals surface area (Å²) in [5, 5.41) is 9.15. The van der Waals surface area contributed by atoms with E-state index in [0.717, 1.165) is 39.8 Å². The number of nitriles is 1. The molecule has 1 heterocycles. The van der Waals surface area contributed by atoms with E-state index < -0.39 is 0 Å². The predicted octanol–water partition coefficient (Wildman–Crippen LogP) is 10.9. The molecule has 0 saturated carbocycles. The highest BCUT2D eigenvalue weighted by molar-refractivity contribution is 5.85. The number of fused-ring (bicyclic) bond motifs is 1. The molecule has 0 bridgehead atoms. The third-order valence-electron chi connectivity index (χ3n) is 8.89. The van der Waals surface area contributed by atoms with Crippen LogP contribution in [0, 0.1) is 11.3 Å². The van der Waals surface area contributed by atoms with Crippen LogP contribution in [0.25, 0.3) is 73.6 Å². The van der Waals surface area contributed by atoms with Gasteiger partial charge in [0.25, 0.3) is 0 Å². The number of rotatable bonds is 6. The number of benzene rings is 6. The molecule has 0 amide bonds. The van der Waals surface area contributed by atoms with Gasteiger partial charge in [0.15, 0.2) is 17.5 Å². The van der Waals surface area contributed by atoms with Gasteiger partial charge in [-0.05, 0) is 63.1 Å². The number of hydrogen-bond donors (Lipinski definition) is 0. The molecule has 0 saturated heterocycles. The van der Waals surface area contributed by atoms with Crippen LogP contribution in [-0.2, 0) is 6.42 Å². The van der Waals surface area contributed by atoms with Crippen molar-refractivity contribution in [1.82, 2.24) is 15.0 Å². The van der Waals surface area contributed by atoms with Crippen LogP contribution >= 0.6 is 0 Å². The molecule has 230 valence electrons. The summed E-state index contributed by atoms with van der Waals surface area (Å²) in [5.41, 5.74) is 13.0. The minimum absolute atomic E-state index is 0.641. The normalized spacial score (nSPS) is 11.8. The fourth-order valence-corrected chi connectivity index (χ4v) is 6.33. The highest BCUT2D eigenvalue weighted by atomic mass is 15.0. The maximum absolute atomic E-state index is 9.15. The van der Waals surface area contributed by atoms with E-state index in [-0.39, 0.29) is 0 Å². The Labute approximate surface area is 286 Å². The molecule has 0 aliphatic heterocycles. The minimum atomic E-state index is 0.641. The van der Waals surface area contributed by atoms with Crippen molar-refractivity contribution in [2.24, 2.45) is 0 Å². The maximum Gasteiger partial charge on any atom is 0.164 e. The molecule has 0 fully saturated rings. The van der Waals surface area contributed by atoms with Crippen LogP contribution in [-0.4, -0.2) is 15.0 Å². The summed E-state index contributed by atoms with van der Waals surface area (Å²) in [6, 6.07) is 51.7. The van der Waals surface area contributed by atoms with Gasteiger partial charge < -0.3 is 0 Å². The van der Waals surface area contributed by atoms with Gasteiger partial charge in [0.2, 0.25) is 0 Å². The van der Waals surface area contributed by atoms with E-state index in [1.165, 1.54) is 27.8 Å². The molecule has 4 heteroatoms. The third kappa shape index (κ3) is 6.10. The molecular weight excluding hydrogens is 597 g/mol. The first-order valence-electron chi connectivity index (χ1n) is 16.3. The summed E-state index contributed by atoms with van der Waals surface area (Å²) < 4.78 is 0. The van der Waals surface area contributed by atoms with Crippen LogP contribution in [0.15, 0.2) is 164 Å². The van der Waals surface area contributed by atoms with Gasteiger partial charge in [-0.3, -0.25) is 0 Å². The number of aromatic nitrogens is 3. The van der Waals surface area contributed by atoms with Crippen molar-refractivity contribution in [2.75, 3.05) is 0 Å². The van der Waals surface area contributed by atoms with Crippen LogP contribution < -0.4 is 0 Å². The number of nitrogens with zero attached hydrogens (tertiary/aromatic N) is 4. The first kappa shape index (κ1) is 29.7. The van der Waals surface area contributed by atoms with Gasteiger partial charge in [-0.2, -0.15) is 5.26 Å². The highest BCUT2D eigenvalue weighted by Gasteiger charge is 2.16. The first-order valence-corrected chi connectivity index (χ1v) is 16.3. The van der Waals surface area contributed by atoms with E-state index >= 15 is 0 Å². The predicted molar refractivity (Wildman–Crippen MR) is 199 cm³/mol. The largest absolute Gasteiger partial charge is 0.208 e. The molecule has 0 radical (unpaired) electrons. The molecule has 0 N–H and O–H groups in total. The van der Waals surface area contributed by atoms with Gasteiger partial charge in [0, 0.05) is 16.7 Å². The lowest BCUT2D eigenvalue weighted by molar-refractivity contribution is 1.07. The second kappa shape index (κ2) is 13.2. The van der Waals surface area contributed by atoms with Gasteiger partial charge in [-0.25, -0.2) is 15.0 Å². The topological polar surface area (TPSA) is 62.5 Å². The average Bonchev–Trinajstić information content (AvgIpc) is 3.45. The zero-order valence-corrected chi connectivity index (χ0v) is 26.7. The average molecular weight is 627 g/mol. The minimum Gasteiger partial charge on any atom is -0.208 e. The van der Waals surface area contributed by atoms with E-state index in [1.807, 2.05) is 84.9 Å². The van der Waals surface area contributed by atoms with Crippen molar-refractivity contribution >= 4 is 6.08 Å². The summed E-state index contributed by atoms with van der Waals surface area (Å²) in [5.74, 6) is 1.94. The van der Waals surface area contributed by atoms with Crippen molar-refractivity contribution in [3.63, 3.8) is 0 Å². The maximum atomic E-state index is 9.15. The smallest absolute Gasteiger partial charge is 0.164 e. The summed E-state index contributed by atoms with van der Waals surface area (Å²) >= 11 is 0. The van der Waals surface area contributed by atoms with Crippen molar-refractivity contribution in [1.29, 1.82) is 5.26 Å². The number of allylic oxidation sites excluding steroid dienone is 3. The molecule has 1 aromatic heterocycles. The molecule has 1 aliphatic rings. The molecule has 0 spiro atoms. The zero-order valence-electron chi connectivity index (χ0n) is 26.7. The molecule has 4 nitrogen and oxygen atoms in total. The van der Waals surface area contributed by atoms with E-state index in [9.17, 15) is 0 Å². The van der Waals surface area contributed by atoms with Gasteiger partial charge in [0.1, 0.15) is 0 Å². The van der Waals surface area contributed by atoms with Crippen LogP contribution in [0.5, 0.6) is 0 Å². The Kier molecular flexibility index (Phi) is 7.99. The van der Waals surface area contributed by atoms with Gasteiger partial charge in [-0.15, -0.1) is 0 Å². The molecule has 8 rings (SSSR count). The Bertz CT molecular complexity index is 2310. The van der Waals surface area contributed by atoms with Crippen LogP contribution in [0.1, 0.15) is 16.7 Å². The lowest BCUT2D eigenvalue weighted by atomic mass is 9.87. The SMILES string of the molecule is N#Cc1ccc(-c2ccc(-c3ccc(-c4ccc(-c5nc(-c6ccccc6)nc(-c6ccccc6)n5)cc4)c4c3CC=CC=C4)cc2)cc1. The molecule has 1 aliphatic carbocycles. The Morgan fingerprint density at radius 1 is 0.429 bits per heavy atom. The van der Waals surface area contributed by atoms with Gasteiger partial charge >= 0.3 is 0 Å². The molecule has 7 aromatic rings. The third-order valence-corrected chi connectivity index (χ3v) is 8.89. The molecule has 0 unspecified atom stereocenters. The van der Waals surface area contributed by atoms with E-state index in [4.69, 9.17) is 20.2 Å². The Balaban J connectivity index is 1.14. The van der Waals surface area contributed by atoms with E-state index in [1.54, 1.807) is 0 Å². The van der Waals surface area contributed by atoms with Gasteiger partial charge in [-0.1, -0.05) is 158 Å². The van der Waals surface area contributed by atoms with Crippen molar-refractivity contribution in [3.8, 4) is 73.6 Å². The molecule has 0 atom stereocenters. The van der Waals surface area contributed by atoms with Crippen molar-refractivity contribution in [2.45, 2.75) is 6.42 Å². The quantitative estimate of drug-likeness (QED) is 0.184. The first-order chi connectivity index (χ1) is 24.2. The van der Waals surface area contributed by atoms with Crippen LogP contribution in [0.4, 0.5) is 0 Å². The lowest BCUT2D eigenvalue weighted by Gasteiger charge is -2.17. The summed E-state index contributed by atoms with van der Waals surface area (Å²) in [6.07, 6.45) is 9.54. The fourth-order valence-electron chi connectivity index (χ4n) is 6.33. The monoisotopic (exact) mass is 626 g/mol. The molecule has 49 heavy (non-hydrogen) atoms. The Morgan fingerprint density at radius 2 is 0.878 bits per heavy atom. The van der Waals surface area contributed by atoms with Crippen molar-refractivity contribution < 1.29 is 0 Å². The lowest BCUT2D eigenvalue weighted by Crippen LogP contribution is -2.00.